The average Bonchev–Trinajstić information content (AvgIpc) is 1.54. The molecule has 0 aliphatic heterocycles. The van der Waals surface area contributed by atoms with Gasteiger partial charge in [0.2, 0.25) is 0 Å². The minimum Gasteiger partial charge on any atom is -1.00 e. The quantitative estimate of drug-likeness (QED) is 0.388. The van der Waals surface area contributed by atoms with Crippen LogP contribution < -0.4 is 89.8 Å². The first-order valence-electron chi connectivity index (χ1n) is 1.84. The van der Waals surface area contributed by atoms with Crippen LogP contribution in [0.25, 0.3) is 0 Å². The fourth-order valence-corrected chi connectivity index (χ4v) is 0. The molecule has 0 fully saturated rings. The molecule has 76 valence electrons. The second-order valence-corrected chi connectivity index (χ2v) is 0.750. The number of hydrogen-bond donors (Lipinski definition) is 0. The van der Waals surface area contributed by atoms with E-state index >= 15 is 0 Å². The van der Waals surface area contributed by atoms with Gasteiger partial charge in [0.05, 0.1) is 0 Å². The van der Waals surface area contributed by atoms with Gasteiger partial charge in [0.15, 0.2) is 0 Å². The summed E-state index contributed by atoms with van der Waals surface area (Å²) < 4.78 is 0. The third kappa shape index (κ3) is 3740. The predicted octanol–water partition coefficient (Wildman–Crippen LogP) is -13.9. The Kier molecular flexibility index (Phi) is 98.2. The Labute approximate surface area is 158 Å². The molecular weight excluding hydrogens is 280 g/mol. The fraction of sp³-hybridized carbons (Fsp3) is 0. The van der Waals surface area contributed by atoms with Crippen molar-refractivity contribution in [2.24, 2.45) is 0 Å². The van der Waals surface area contributed by atoms with Crippen LogP contribution in [0.2, 0.25) is 0 Å². The molecule has 0 N–H and O–H groups in total. The van der Waals surface area contributed by atoms with Crippen molar-refractivity contribution < 1.29 is 107 Å². The fourth-order valence-electron chi connectivity index (χ4n) is 0. The van der Waals surface area contributed by atoms with Gasteiger partial charge in [0.1, 0.15) is 0 Å². The molecule has 16 heavy (non-hydrogen) atoms. The van der Waals surface area contributed by atoms with E-state index in [0.717, 1.165) is 0 Å². The number of rotatable bonds is 0. The first kappa shape index (κ1) is 43.6. The first-order valence-corrected chi connectivity index (χ1v) is 1.84. The largest absolute Gasteiger partial charge is 3.00 e. The van der Waals surface area contributed by atoms with Gasteiger partial charge < -0.3 is 47.9 Å². The molecule has 0 aromatic carbocycles. The van der Waals surface area contributed by atoms with Gasteiger partial charge in [0, 0.05) is 0 Å². The third-order valence-electron chi connectivity index (χ3n) is 0. The standard InChI is InChI=1S/3CH2O3.2Al.2Na.2H/c3*2-1(3)4;;;;;;/h3*(H2,2,3,4);;;;;;/q;;;2*+3;2*+1;2*-1/p-6. The minimum atomic E-state index is -2.33. The van der Waals surface area contributed by atoms with Crippen LogP contribution in [0.3, 0.4) is 0 Å². The summed E-state index contributed by atoms with van der Waals surface area (Å²) in [6.45, 7) is 0. The monoisotopic (exact) mass is 282 g/mol. The van der Waals surface area contributed by atoms with E-state index in [9.17, 15) is 0 Å². The van der Waals surface area contributed by atoms with Gasteiger partial charge in [0.25, 0.3) is 0 Å². The summed E-state index contributed by atoms with van der Waals surface area (Å²) in [5, 5.41) is 50.0. The molecule has 9 nitrogen and oxygen atoms in total. The van der Waals surface area contributed by atoms with E-state index in [2.05, 4.69) is 0 Å². The van der Waals surface area contributed by atoms with Crippen LogP contribution in [-0.4, -0.2) is 53.2 Å². The van der Waals surface area contributed by atoms with Crippen molar-refractivity contribution in [2.45, 2.75) is 0 Å². The zero-order chi connectivity index (χ0) is 10.7. The van der Waals surface area contributed by atoms with Gasteiger partial charge in [-0.15, -0.1) is 0 Å². The zero-order valence-corrected chi connectivity index (χ0v) is 14.6. The van der Waals surface area contributed by atoms with Gasteiger partial charge >= 0.3 is 93.8 Å². The van der Waals surface area contributed by atoms with Crippen molar-refractivity contribution in [3.05, 3.63) is 0 Å². The van der Waals surface area contributed by atoms with Crippen LogP contribution in [0.4, 0.5) is 14.4 Å². The number of carboxylic acid groups (broad SMARTS) is 6. The summed E-state index contributed by atoms with van der Waals surface area (Å²) in [5.74, 6) is 0. The molecular formula is C3H2Al2Na2O9. The summed E-state index contributed by atoms with van der Waals surface area (Å²) in [4.78, 5) is 25.0. The van der Waals surface area contributed by atoms with E-state index in [1.165, 1.54) is 0 Å². The Morgan fingerprint density at radius 2 is 0.562 bits per heavy atom. The molecule has 0 spiro atoms. The van der Waals surface area contributed by atoms with Crippen molar-refractivity contribution in [1.82, 2.24) is 0 Å². The first-order chi connectivity index (χ1) is 5.20. The van der Waals surface area contributed by atoms with Gasteiger partial charge in [-0.05, 0) is 18.5 Å². The van der Waals surface area contributed by atoms with Crippen LogP contribution in [0.5, 0.6) is 0 Å². The molecule has 0 aromatic rings. The minimum absolute atomic E-state index is 0. The molecule has 0 saturated heterocycles. The second kappa shape index (κ2) is 36.0. The summed E-state index contributed by atoms with van der Waals surface area (Å²) >= 11 is 0. The summed E-state index contributed by atoms with van der Waals surface area (Å²) in [7, 11) is 0. The summed E-state index contributed by atoms with van der Waals surface area (Å²) in [6, 6.07) is 0. The molecule has 0 atom stereocenters. The van der Waals surface area contributed by atoms with E-state index in [1.807, 2.05) is 0 Å². The molecule has 0 aromatic heterocycles. The Bertz CT molecular complexity index is 133. The topological polar surface area (TPSA) is 190 Å². The maximum Gasteiger partial charge on any atom is 3.00 e. The Hall–Kier alpha value is 0.875. The molecule has 0 saturated carbocycles. The number of carbonyl (C=O) groups is 3. The van der Waals surface area contributed by atoms with Crippen LogP contribution in [0, 0.1) is 0 Å². The van der Waals surface area contributed by atoms with Crippen molar-refractivity contribution in [2.75, 3.05) is 0 Å². The van der Waals surface area contributed by atoms with Crippen molar-refractivity contribution in [1.29, 1.82) is 0 Å². The molecule has 0 unspecified atom stereocenters. The molecule has 0 aliphatic rings. The summed E-state index contributed by atoms with van der Waals surface area (Å²) in [5.41, 5.74) is 0. The van der Waals surface area contributed by atoms with Crippen molar-refractivity contribution in [3.63, 3.8) is 0 Å². The van der Waals surface area contributed by atoms with Gasteiger partial charge in [-0.3, -0.25) is 0 Å². The Morgan fingerprint density at radius 1 is 0.562 bits per heavy atom. The Morgan fingerprint density at radius 3 is 0.562 bits per heavy atom. The second-order valence-electron chi connectivity index (χ2n) is 0.750. The van der Waals surface area contributed by atoms with Crippen LogP contribution in [-0.2, 0) is 0 Å². The molecule has 13 heteroatoms. The Balaban J connectivity index is -0.00000000827. The van der Waals surface area contributed by atoms with E-state index in [0.29, 0.717) is 0 Å². The van der Waals surface area contributed by atoms with Gasteiger partial charge in [-0.2, -0.15) is 0 Å². The third-order valence-corrected chi connectivity index (χ3v) is 0. The molecule has 0 radical (unpaired) electrons. The molecule has 0 heterocycles. The van der Waals surface area contributed by atoms with Gasteiger partial charge in [-0.1, -0.05) is 0 Å². The van der Waals surface area contributed by atoms with Crippen LogP contribution in [0.1, 0.15) is 2.85 Å². The van der Waals surface area contributed by atoms with E-state index < -0.39 is 18.5 Å². The molecule has 0 bridgehead atoms. The maximum atomic E-state index is 8.33. The number of carbonyl (C=O) groups excluding carboxylic acids is 3. The normalized spacial score (nSPS) is 4.50. The number of hydrogen-bond acceptors (Lipinski definition) is 9. The van der Waals surface area contributed by atoms with Gasteiger partial charge in [-0.25, -0.2) is 0 Å². The van der Waals surface area contributed by atoms with E-state index in [4.69, 9.17) is 45.0 Å². The zero-order valence-electron chi connectivity index (χ0n) is 10.3. The molecule has 0 amide bonds. The smallest absolute Gasteiger partial charge is 1.00 e. The van der Waals surface area contributed by atoms with Crippen molar-refractivity contribution in [3.8, 4) is 0 Å². The SMILES string of the molecule is O=C([O-])[O-].O=C([O-])[O-].O=C([O-])[O-].[Al+3].[Al+3].[H-].[H-].[Na+].[Na+]. The van der Waals surface area contributed by atoms with Crippen molar-refractivity contribution >= 4 is 53.2 Å². The average molecular weight is 282 g/mol. The molecule has 0 rings (SSSR count). The summed E-state index contributed by atoms with van der Waals surface area (Å²) in [6.07, 6.45) is -7.00. The van der Waals surface area contributed by atoms with E-state index in [1.54, 1.807) is 0 Å². The predicted molar refractivity (Wildman–Crippen MR) is 29.9 cm³/mol. The maximum absolute atomic E-state index is 8.33. The van der Waals surface area contributed by atoms with Crippen LogP contribution >= 0.6 is 0 Å². The molecule has 0 aliphatic carbocycles. The van der Waals surface area contributed by atoms with Crippen LogP contribution in [0.15, 0.2) is 0 Å². The van der Waals surface area contributed by atoms with E-state index in [-0.39, 0.29) is 96.7 Å².